The van der Waals surface area contributed by atoms with Gasteiger partial charge in [-0.25, -0.2) is 9.59 Å². The van der Waals surface area contributed by atoms with E-state index in [1.54, 1.807) is 4.90 Å². The van der Waals surface area contributed by atoms with Gasteiger partial charge in [-0.3, -0.25) is 4.90 Å². The van der Waals surface area contributed by atoms with Gasteiger partial charge < -0.3 is 14.6 Å². The van der Waals surface area contributed by atoms with E-state index in [9.17, 15) is 9.59 Å². The van der Waals surface area contributed by atoms with Crippen molar-refractivity contribution < 1.29 is 24.2 Å². The van der Waals surface area contributed by atoms with E-state index in [-0.39, 0.29) is 31.1 Å². The van der Waals surface area contributed by atoms with E-state index in [0.717, 1.165) is 31.2 Å². The Balaban J connectivity index is 2.07. The lowest BCUT2D eigenvalue weighted by Gasteiger charge is -2.31. The summed E-state index contributed by atoms with van der Waals surface area (Å²) in [7, 11) is 0. The van der Waals surface area contributed by atoms with Crippen molar-refractivity contribution >= 4 is 12.1 Å². The molecule has 0 saturated carbocycles. The fourth-order valence-corrected chi connectivity index (χ4v) is 3.81. The van der Waals surface area contributed by atoms with Crippen molar-refractivity contribution in [3.63, 3.8) is 0 Å². The van der Waals surface area contributed by atoms with Crippen LogP contribution in [0.3, 0.4) is 0 Å². The number of aliphatic hydroxyl groups excluding tert-OH is 1. The van der Waals surface area contributed by atoms with Gasteiger partial charge >= 0.3 is 12.1 Å². The van der Waals surface area contributed by atoms with Crippen LogP contribution >= 0.6 is 0 Å². The maximum Gasteiger partial charge on any atom is 0.411 e. The second kappa shape index (κ2) is 10.6. The highest BCUT2D eigenvalue weighted by atomic mass is 16.6. The van der Waals surface area contributed by atoms with Gasteiger partial charge in [-0.05, 0) is 58.4 Å². The fraction of sp³-hybridized carbons (Fsp3) is 0.652. The van der Waals surface area contributed by atoms with Crippen LogP contribution < -0.4 is 0 Å². The summed E-state index contributed by atoms with van der Waals surface area (Å²) in [5.74, 6) is -0.181. The first kappa shape index (κ1) is 23.2. The van der Waals surface area contributed by atoms with Crippen molar-refractivity contribution in [1.82, 2.24) is 4.90 Å². The Bertz CT molecular complexity index is 655. The quantitative estimate of drug-likeness (QED) is 0.516. The van der Waals surface area contributed by atoms with Gasteiger partial charge in [0, 0.05) is 12.6 Å². The standard InChI is InChI=1S/C23H35NO5/c1-17-19(13-9-6-10-14-25)15-20(24(17)22(27)29-23(2,3)4)21(26)28-16-18-11-7-5-8-12-18/h5,7-8,11-12,17,19-20,25H,6,9-10,13-16H2,1-4H3/t17-,19+,20+/m1/s1. The summed E-state index contributed by atoms with van der Waals surface area (Å²) in [6.07, 6.45) is 3.69. The summed E-state index contributed by atoms with van der Waals surface area (Å²) in [5.41, 5.74) is 0.283. The molecule has 1 saturated heterocycles. The van der Waals surface area contributed by atoms with Crippen LogP contribution in [0.4, 0.5) is 4.79 Å². The van der Waals surface area contributed by atoms with Gasteiger partial charge in [0.25, 0.3) is 0 Å². The summed E-state index contributed by atoms with van der Waals surface area (Å²) in [6, 6.07) is 8.78. The second-order valence-corrected chi connectivity index (χ2v) is 8.81. The Kier molecular flexibility index (Phi) is 8.50. The lowest BCUT2D eigenvalue weighted by molar-refractivity contribution is -0.150. The number of hydrogen-bond acceptors (Lipinski definition) is 5. The molecule has 3 atom stereocenters. The molecule has 0 radical (unpaired) electrons. The number of carbonyl (C=O) groups excluding carboxylic acids is 2. The molecular weight excluding hydrogens is 370 g/mol. The average molecular weight is 406 g/mol. The summed E-state index contributed by atoms with van der Waals surface area (Å²) in [6.45, 7) is 7.82. The van der Waals surface area contributed by atoms with Crippen LogP contribution in [0.1, 0.15) is 65.4 Å². The van der Waals surface area contributed by atoms with Gasteiger partial charge in [-0.1, -0.05) is 43.2 Å². The molecule has 6 nitrogen and oxygen atoms in total. The lowest BCUT2D eigenvalue weighted by atomic mass is 9.93. The number of benzene rings is 1. The predicted molar refractivity (Wildman–Crippen MR) is 111 cm³/mol. The van der Waals surface area contributed by atoms with Crippen LogP contribution in [0.15, 0.2) is 30.3 Å². The Labute approximate surface area is 174 Å². The molecule has 1 heterocycles. The first-order valence-electron chi connectivity index (χ1n) is 10.6. The van der Waals surface area contributed by atoms with Gasteiger partial charge in [0.2, 0.25) is 0 Å². The summed E-state index contributed by atoms with van der Waals surface area (Å²) in [5, 5.41) is 8.97. The van der Waals surface area contributed by atoms with Crippen molar-refractivity contribution in [1.29, 1.82) is 0 Å². The molecule has 29 heavy (non-hydrogen) atoms. The highest BCUT2D eigenvalue weighted by molar-refractivity contribution is 5.82. The lowest BCUT2D eigenvalue weighted by Crippen LogP contribution is -2.47. The second-order valence-electron chi connectivity index (χ2n) is 8.81. The maximum atomic E-state index is 12.9. The largest absolute Gasteiger partial charge is 0.459 e. The minimum Gasteiger partial charge on any atom is -0.459 e. The van der Waals surface area contributed by atoms with Crippen LogP contribution in [0.25, 0.3) is 0 Å². The van der Waals surface area contributed by atoms with Crippen LogP contribution in [0.5, 0.6) is 0 Å². The highest BCUT2D eigenvalue weighted by Gasteiger charge is 2.46. The molecule has 0 bridgehead atoms. The van der Waals surface area contributed by atoms with E-state index in [4.69, 9.17) is 14.6 Å². The molecule has 162 valence electrons. The zero-order valence-electron chi connectivity index (χ0n) is 18.1. The molecule has 1 aromatic carbocycles. The Morgan fingerprint density at radius 2 is 1.83 bits per heavy atom. The third-order valence-electron chi connectivity index (χ3n) is 5.32. The number of esters is 1. The van der Waals surface area contributed by atoms with Gasteiger partial charge in [0.1, 0.15) is 18.2 Å². The molecule has 6 heteroatoms. The Morgan fingerprint density at radius 1 is 1.14 bits per heavy atom. The van der Waals surface area contributed by atoms with Crippen molar-refractivity contribution in [2.24, 2.45) is 5.92 Å². The number of unbranched alkanes of at least 4 members (excludes halogenated alkanes) is 2. The van der Waals surface area contributed by atoms with E-state index < -0.39 is 17.7 Å². The highest BCUT2D eigenvalue weighted by Crippen LogP contribution is 2.35. The first-order chi connectivity index (χ1) is 13.7. The minimum atomic E-state index is -0.633. The molecule has 1 aliphatic rings. The summed E-state index contributed by atoms with van der Waals surface area (Å²) in [4.78, 5) is 27.3. The van der Waals surface area contributed by atoms with E-state index >= 15 is 0 Å². The number of rotatable bonds is 8. The molecule has 1 aromatic rings. The molecular formula is C23H35NO5. The monoisotopic (exact) mass is 405 g/mol. The van der Waals surface area contributed by atoms with E-state index in [1.807, 2.05) is 58.0 Å². The van der Waals surface area contributed by atoms with E-state index in [1.165, 1.54) is 0 Å². The molecule has 1 fully saturated rings. The van der Waals surface area contributed by atoms with Crippen LogP contribution in [0, 0.1) is 5.92 Å². The van der Waals surface area contributed by atoms with Crippen molar-refractivity contribution in [3.05, 3.63) is 35.9 Å². The summed E-state index contributed by atoms with van der Waals surface area (Å²) >= 11 is 0. The van der Waals surface area contributed by atoms with Crippen LogP contribution in [-0.2, 0) is 20.9 Å². The predicted octanol–water partition coefficient (Wildman–Crippen LogP) is 4.30. The third-order valence-corrected chi connectivity index (χ3v) is 5.32. The maximum absolute atomic E-state index is 12.9. The Morgan fingerprint density at radius 3 is 2.45 bits per heavy atom. The van der Waals surface area contributed by atoms with Gasteiger partial charge in [0.05, 0.1) is 0 Å². The number of nitrogens with zero attached hydrogens (tertiary/aromatic N) is 1. The number of carbonyl (C=O) groups is 2. The van der Waals surface area contributed by atoms with Crippen LogP contribution in [0.2, 0.25) is 0 Å². The SMILES string of the molecule is C[C@@H]1[C@@H](CCCCCO)C[C@@H](C(=O)OCc2ccccc2)N1C(=O)OC(C)(C)C. The number of likely N-dealkylation sites (tertiary alicyclic amines) is 1. The molecule has 1 aliphatic heterocycles. The average Bonchev–Trinajstić information content (AvgIpc) is 2.99. The van der Waals surface area contributed by atoms with Gasteiger partial charge in [-0.2, -0.15) is 0 Å². The molecule has 0 aromatic heterocycles. The number of ether oxygens (including phenoxy) is 2. The number of hydrogen-bond donors (Lipinski definition) is 1. The topological polar surface area (TPSA) is 76.1 Å². The minimum absolute atomic E-state index is 0.103. The van der Waals surface area contributed by atoms with Crippen molar-refractivity contribution in [2.75, 3.05) is 6.61 Å². The molecule has 2 rings (SSSR count). The van der Waals surface area contributed by atoms with Gasteiger partial charge in [-0.15, -0.1) is 0 Å². The zero-order valence-corrected chi connectivity index (χ0v) is 18.1. The molecule has 1 amide bonds. The van der Waals surface area contributed by atoms with E-state index in [0.29, 0.717) is 6.42 Å². The van der Waals surface area contributed by atoms with E-state index in [2.05, 4.69) is 0 Å². The summed E-state index contributed by atoms with van der Waals surface area (Å²) < 4.78 is 11.1. The molecule has 0 unspecified atom stereocenters. The van der Waals surface area contributed by atoms with Crippen LogP contribution in [-0.4, -0.2) is 46.4 Å². The molecule has 0 aliphatic carbocycles. The normalized spacial score (nSPS) is 21.8. The Hall–Kier alpha value is -2.08. The fourth-order valence-electron chi connectivity index (χ4n) is 3.81. The number of aliphatic hydroxyl groups is 1. The first-order valence-corrected chi connectivity index (χ1v) is 10.6. The molecule has 0 spiro atoms. The van der Waals surface area contributed by atoms with Crippen molar-refractivity contribution in [2.45, 2.75) is 84.1 Å². The van der Waals surface area contributed by atoms with Crippen molar-refractivity contribution in [3.8, 4) is 0 Å². The third kappa shape index (κ3) is 7.03. The zero-order chi connectivity index (χ0) is 21.4. The smallest absolute Gasteiger partial charge is 0.411 e. The van der Waals surface area contributed by atoms with Gasteiger partial charge in [0.15, 0.2) is 0 Å². The molecule has 1 N–H and O–H groups in total. The number of amides is 1.